The van der Waals surface area contributed by atoms with Gasteiger partial charge >= 0.3 is 0 Å². The summed E-state index contributed by atoms with van der Waals surface area (Å²) in [5.41, 5.74) is 1.58. The van der Waals surface area contributed by atoms with E-state index in [1.807, 2.05) is 42.2 Å². The summed E-state index contributed by atoms with van der Waals surface area (Å²) in [5.74, 6) is 1.23. The van der Waals surface area contributed by atoms with Crippen LogP contribution in [0.4, 0.5) is 0 Å². The molecule has 1 saturated heterocycles. The molecule has 0 radical (unpaired) electrons. The lowest BCUT2D eigenvalue weighted by molar-refractivity contribution is -0.137. The third kappa shape index (κ3) is 3.51. The molecule has 1 fully saturated rings. The Morgan fingerprint density at radius 1 is 1.38 bits per heavy atom. The van der Waals surface area contributed by atoms with E-state index in [9.17, 15) is 9.90 Å². The fourth-order valence-electron chi connectivity index (χ4n) is 3.31. The number of aliphatic hydroxyl groups is 1. The van der Waals surface area contributed by atoms with Crippen molar-refractivity contribution in [1.29, 1.82) is 0 Å². The first kappa shape index (κ1) is 16.7. The highest BCUT2D eigenvalue weighted by atomic mass is 16.4. The summed E-state index contributed by atoms with van der Waals surface area (Å²) < 4.78 is 5.73. The van der Waals surface area contributed by atoms with Crippen LogP contribution in [0.5, 0.6) is 0 Å². The zero-order valence-corrected chi connectivity index (χ0v) is 14.2. The lowest BCUT2D eigenvalue weighted by Gasteiger charge is -2.37. The van der Waals surface area contributed by atoms with Crippen molar-refractivity contribution in [3.05, 3.63) is 41.8 Å². The summed E-state index contributed by atoms with van der Waals surface area (Å²) in [7, 11) is 0. The molecule has 3 rings (SSSR count). The van der Waals surface area contributed by atoms with Crippen molar-refractivity contribution < 1.29 is 14.3 Å². The maximum atomic E-state index is 12.7. The van der Waals surface area contributed by atoms with Crippen molar-refractivity contribution in [3.63, 3.8) is 0 Å². The second kappa shape index (κ2) is 7.18. The van der Waals surface area contributed by atoms with E-state index in [-0.39, 0.29) is 18.4 Å². The summed E-state index contributed by atoms with van der Waals surface area (Å²) in [6.07, 6.45) is 2.61. The van der Waals surface area contributed by atoms with Gasteiger partial charge in [-0.2, -0.15) is 0 Å². The highest BCUT2D eigenvalue weighted by Gasteiger charge is 2.30. The van der Waals surface area contributed by atoms with Gasteiger partial charge in [-0.15, -0.1) is 0 Å². The average molecular weight is 328 g/mol. The molecule has 128 valence electrons. The zero-order valence-electron chi connectivity index (χ0n) is 14.2. The zero-order chi connectivity index (χ0) is 17.1. The third-order valence-corrected chi connectivity index (χ3v) is 4.66. The van der Waals surface area contributed by atoms with E-state index in [0.717, 1.165) is 24.8 Å². The van der Waals surface area contributed by atoms with Crippen LogP contribution in [-0.4, -0.2) is 39.6 Å². The Morgan fingerprint density at radius 2 is 2.12 bits per heavy atom. The Labute approximate surface area is 142 Å². The van der Waals surface area contributed by atoms with Crippen LogP contribution in [0.25, 0.3) is 11.5 Å². The van der Waals surface area contributed by atoms with Gasteiger partial charge < -0.3 is 14.4 Å². The average Bonchev–Trinajstić information content (AvgIpc) is 2.96. The number of hydrogen-bond donors (Lipinski definition) is 1. The maximum absolute atomic E-state index is 12.7. The van der Waals surface area contributed by atoms with Crippen LogP contribution in [-0.2, 0) is 11.2 Å². The van der Waals surface area contributed by atoms with E-state index in [4.69, 9.17) is 4.42 Å². The maximum Gasteiger partial charge on any atom is 0.229 e. The summed E-state index contributed by atoms with van der Waals surface area (Å²) in [6, 6.07) is 9.58. The highest BCUT2D eigenvalue weighted by molar-refractivity contribution is 5.79. The molecule has 2 aromatic rings. The number of likely N-dealkylation sites (tertiary alicyclic amines) is 1. The molecule has 2 heterocycles. The van der Waals surface area contributed by atoms with Gasteiger partial charge in [0.25, 0.3) is 0 Å². The first-order valence-electron chi connectivity index (χ1n) is 8.55. The summed E-state index contributed by atoms with van der Waals surface area (Å²) in [5, 5.41) is 9.94. The molecule has 0 saturated carbocycles. The molecule has 1 amide bonds. The van der Waals surface area contributed by atoms with E-state index in [0.29, 0.717) is 23.9 Å². The number of oxazole rings is 1. The third-order valence-electron chi connectivity index (χ3n) is 4.66. The number of hydrogen-bond acceptors (Lipinski definition) is 4. The summed E-state index contributed by atoms with van der Waals surface area (Å²) in [6.45, 7) is 4.30. The SMILES string of the molecule is Cc1oc(-c2ccccc2)nc1CC(=O)N1CCCCC1C(C)O. The smallest absolute Gasteiger partial charge is 0.229 e. The molecule has 1 aliphatic rings. The molecule has 1 N–H and O–H groups in total. The molecule has 24 heavy (non-hydrogen) atoms. The van der Waals surface area contributed by atoms with Gasteiger partial charge in [-0.05, 0) is 45.2 Å². The first-order valence-corrected chi connectivity index (χ1v) is 8.55. The number of carbonyl (C=O) groups excluding carboxylic acids is 1. The standard InChI is InChI=1S/C19H24N2O3/c1-13(22)17-10-6-7-11-21(17)18(23)12-16-14(2)24-19(20-16)15-8-4-3-5-9-15/h3-5,8-9,13,17,22H,6-7,10-12H2,1-2H3. The normalized spacial score (nSPS) is 19.3. The van der Waals surface area contributed by atoms with Crippen LogP contribution < -0.4 is 0 Å². The number of piperidine rings is 1. The van der Waals surface area contributed by atoms with Crippen LogP contribution in [0.3, 0.4) is 0 Å². The molecule has 1 aromatic carbocycles. The predicted molar refractivity (Wildman–Crippen MR) is 91.4 cm³/mol. The number of aliphatic hydroxyl groups excluding tert-OH is 1. The van der Waals surface area contributed by atoms with Gasteiger partial charge in [-0.25, -0.2) is 4.98 Å². The minimum absolute atomic E-state index is 0.0108. The number of nitrogens with zero attached hydrogens (tertiary/aromatic N) is 2. The van der Waals surface area contributed by atoms with Crippen molar-refractivity contribution in [2.75, 3.05) is 6.54 Å². The van der Waals surface area contributed by atoms with Gasteiger partial charge in [0, 0.05) is 12.1 Å². The highest BCUT2D eigenvalue weighted by Crippen LogP contribution is 2.24. The van der Waals surface area contributed by atoms with E-state index in [1.165, 1.54) is 0 Å². The molecule has 5 nitrogen and oxygen atoms in total. The molecule has 2 atom stereocenters. The number of carbonyl (C=O) groups is 1. The lowest BCUT2D eigenvalue weighted by atomic mass is 9.97. The van der Waals surface area contributed by atoms with Gasteiger partial charge in [0.15, 0.2) is 0 Å². The Kier molecular flexibility index (Phi) is 5.00. The van der Waals surface area contributed by atoms with Gasteiger partial charge in [0.1, 0.15) is 5.76 Å². The molecule has 1 aromatic heterocycles. The fourth-order valence-corrected chi connectivity index (χ4v) is 3.31. The van der Waals surface area contributed by atoms with Crippen LogP contribution in [0, 0.1) is 6.92 Å². The fraction of sp³-hybridized carbons (Fsp3) is 0.474. The van der Waals surface area contributed by atoms with Crippen LogP contribution >= 0.6 is 0 Å². The molecule has 5 heteroatoms. The quantitative estimate of drug-likeness (QED) is 0.937. The lowest BCUT2D eigenvalue weighted by Crippen LogP contribution is -2.49. The Hall–Kier alpha value is -2.14. The minimum Gasteiger partial charge on any atom is -0.441 e. The number of benzene rings is 1. The van der Waals surface area contributed by atoms with Crippen molar-refractivity contribution >= 4 is 5.91 Å². The number of aryl methyl sites for hydroxylation is 1. The van der Waals surface area contributed by atoms with Crippen molar-refractivity contribution in [2.24, 2.45) is 0 Å². The summed E-state index contributed by atoms with van der Waals surface area (Å²) in [4.78, 5) is 19.0. The van der Waals surface area contributed by atoms with Crippen molar-refractivity contribution in [1.82, 2.24) is 9.88 Å². The molecular weight excluding hydrogens is 304 g/mol. The predicted octanol–water partition coefficient (Wildman–Crippen LogP) is 2.95. The van der Waals surface area contributed by atoms with Crippen LogP contribution in [0.15, 0.2) is 34.7 Å². The van der Waals surface area contributed by atoms with E-state index in [1.54, 1.807) is 6.92 Å². The molecular formula is C19H24N2O3. The Balaban J connectivity index is 1.76. The topological polar surface area (TPSA) is 66.6 Å². The molecule has 1 aliphatic heterocycles. The summed E-state index contributed by atoms with van der Waals surface area (Å²) >= 11 is 0. The van der Waals surface area contributed by atoms with E-state index >= 15 is 0 Å². The second-order valence-corrected chi connectivity index (χ2v) is 6.46. The first-order chi connectivity index (χ1) is 11.6. The van der Waals surface area contributed by atoms with Crippen molar-refractivity contribution in [3.8, 4) is 11.5 Å². The Bertz CT molecular complexity index is 694. The molecule has 0 bridgehead atoms. The number of aromatic nitrogens is 1. The molecule has 0 spiro atoms. The number of rotatable bonds is 4. The minimum atomic E-state index is -0.507. The largest absolute Gasteiger partial charge is 0.441 e. The molecule has 2 unspecified atom stereocenters. The number of amides is 1. The Morgan fingerprint density at radius 3 is 2.83 bits per heavy atom. The van der Waals surface area contributed by atoms with Gasteiger partial charge in [-0.3, -0.25) is 4.79 Å². The van der Waals surface area contributed by atoms with E-state index in [2.05, 4.69) is 4.98 Å². The van der Waals surface area contributed by atoms with Gasteiger partial charge in [-0.1, -0.05) is 18.2 Å². The van der Waals surface area contributed by atoms with Crippen molar-refractivity contribution in [2.45, 2.75) is 51.7 Å². The van der Waals surface area contributed by atoms with Gasteiger partial charge in [0.2, 0.25) is 11.8 Å². The molecule has 0 aliphatic carbocycles. The van der Waals surface area contributed by atoms with Gasteiger partial charge in [0.05, 0.1) is 24.3 Å². The van der Waals surface area contributed by atoms with Crippen LogP contribution in [0.2, 0.25) is 0 Å². The van der Waals surface area contributed by atoms with E-state index < -0.39 is 6.10 Å². The van der Waals surface area contributed by atoms with Crippen LogP contribution in [0.1, 0.15) is 37.6 Å². The second-order valence-electron chi connectivity index (χ2n) is 6.46. The monoisotopic (exact) mass is 328 g/mol.